The SMILES string of the molecule is Cc1c(N)nc(C(C)(C)C)nc1NCC(O)C(F)(F)F. The van der Waals surface area contributed by atoms with Crippen LogP contribution in [0.2, 0.25) is 0 Å². The van der Waals surface area contributed by atoms with E-state index in [4.69, 9.17) is 10.8 Å². The second-order valence-electron chi connectivity index (χ2n) is 5.59. The number of nitrogen functional groups attached to an aromatic ring is 1. The summed E-state index contributed by atoms with van der Waals surface area (Å²) < 4.78 is 36.8. The molecule has 1 aromatic heterocycles. The summed E-state index contributed by atoms with van der Waals surface area (Å²) in [6, 6.07) is 0. The Kier molecular flexibility index (Phi) is 4.48. The minimum atomic E-state index is -4.67. The van der Waals surface area contributed by atoms with Gasteiger partial charge in [-0.1, -0.05) is 20.8 Å². The maximum absolute atomic E-state index is 12.3. The van der Waals surface area contributed by atoms with Gasteiger partial charge in [-0.2, -0.15) is 13.2 Å². The fourth-order valence-electron chi connectivity index (χ4n) is 1.35. The first-order valence-corrected chi connectivity index (χ1v) is 6.06. The average Bonchev–Trinajstić information content (AvgIpc) is 2.27. The number of rotatable bonds is 3. The summed E-state index contributed by atoms with van der Waals surface area (Å²) >= 11 is 0. The number of halogens is 3. The lowest BCUT2D eigenvalue weighted by atomic mass is 9.95. The summed E-state index contributed by atoms with van der Waals surface area (Å²) in [6.45, 7) is 6.51. The number of aromatic nitrogens is 2. The van der Waals surface area contributed by atoms with Gasteiger partial charge in [0, 0.05) is 11.0 Å². The first kappa shape index (κ1) is 16.5. The molecule has 1 heterocycles. The zero-order valence-electron chi connectivity index (χ0n) is 11.8. The first-order chi connectivity index (χ1) is 8.93. The second-order valence-corrected chi connectivity index (χ2v) is 5.59. The third kappa shape index (κ3) is 3.96. The Morgan fingerprint density at radius 2 is 1.80 bits per heavy atom. The molecule has 0 amide bonds. The number of nitrogens with one attached hydrogen (secondary N) is 1. The van der Waals surface area contributed by atoms with Crippen LogP contribution in [0, 0.1) is 6.92 Å². The van der Waals surface area contributed by atoms with Gasteiger partial charge in [0.25, 0.3) is 0 Å². The van der Waals surface area contributed by atoms with Gasteiger partial charge in [0.1, 0.15) is 17.5 Å². The topological polar surface area (TPSA) is 84.1 Å². The van der Waals surface area contributed by atoms with E-state index < -0.39 is 18.8 Å². The van der Waals surface area contributed by atoms with Crippen LogP contribution in [0.15, 0.2) is 0 Å². The molecular weight excluding hydrogens is 273 g/mol. The molecule has 0 saturated heterocycles. The maximum Gasteiger partial charge on any atom is 0.416 e. The fourth-order valence-corrected chi connectivity index (χ4v) is 1.35. The maximum atomic E-state index is 12.3. The van der Waals surface area contributed by atoms with Crippen molar-refractivity contribution >= 4 is 11.6 Å². The predicted molar refractivity (Wildman–Crippen MR) is 70.4 cm³/mol. The van der Waals surface area contributed by atoms with E-state index in [1.807, 2.05) is 20.8 Å². The number of anilines is 2. The van der Waals surface area contributed by atoms with Crippen molar-refractivity contribution in [2.24, 2.45) is 0 Å². The Morgan fingerprint density at radius 3 is 2.25 bits per heavy atom. The van der Waals surface area contributed by atoms with Gasteiger partial charge >= 0.3 is 6.18 Å². The van der Waals surface area contributed by atoms with Gasteiger partial charge in [-0.05, 0) is 6.92 Å². The Balaban J connectivity index is 2.98. The second kappa shape index (κ2) is 5.43. The minimum absolute atomic E-state index is 0.200. The molecule has 20 heavy (non-hydrogen) atoms. The van der Waals surface area contributed by atoms with Crippen LogP contribution in [-0.4, -0.2) is 33.9 Å². The smallest absolute Gasteiger partial charge is 0.383 e. The lowest BCUT2D eigenvalue weighted by Gasteiger charge is -2.21. The Bertz CT molecular complexity index is 483. The van der Waals surface area contributed by atoms with Crippen molar-refractivity contribution in [1.29, 1.82) is 0 Å². The molecule has 0 aliphatic carbocycles. The van der Waals surface area contributed by atoms with Gasteiger partial charge in [-0.15, -0.1) is 0 Å². The summed E-state index contributed by atoms with van der Waals surface area (Å²) in [6.07, 6.45) is -7.14. The van der Waals surface area contributed by atoms with E-state index >= 15 is 0 Å². The van der Waals surface area contributed by atoms with E-state index in [1.54, 1.807) is 6.92 Å². The highest BCUT2D eigenvalue weighted by Gasteiger charge is 2.38. The molecular formula is C12H19F3N4O. The van der Waals surface area contributed by atoms with E-state index in [1.165, 1.54) is 0 Å². The Hall–Kier alpha value is -1.57. The fraction of sp³-hybridized carbons (Fsp3) is 0.667. The quantitative estimate of drug-likeness (QED) is 0.793. The van der Waals surface area contributed by atoms with E-state index in [0.717, 1.165) is 0 Å². The van der Waals surface area contributed by atoms with Crippen LogP contribution in [0.4, 0.5) is 24.8 Å². The van der Waals surface area contributed by atoms with Crippen LogP contribution >= 0.6 is 0 Å². The number of alkyl halides is 3. The van der Waals surface area contributed by atoms with Crippen LogP contribution in [0.1, 0.15) is 32.2 Å². The van der Waals surface area contributed by atoms with Crippen LogP contribution in [0.3, 0.4) is 0 Å². The van der Waals surface area contributed by atoms with Crippen molar-refractivity contribution in [3.05, 3.63) is 11.4 Å². The van der Waals surface area contributed by atoms with Crippen LogP contribution in [0.5, 0.6) is 0 Å². The largest absolute Gasteiger partial charge is 0.416 e. The van der Waals surface area contributed by atoms with Crippen molar-refractivity contribution in [2.45, 2.75) is 45.4 Å². The lowest BCUT2D eigenvalue weighted by molar-refractivity contribution is -0.198. The summed E-state index contributed by atoms with van der Waals surface area (Å²) in [4.78, 5) is 8.30. The highest BCUT2D eigenvalue weighted by atomic mass is 19.4. The average molecular weight is 292 g/mol. The molecule has 0 saturated carbocycles. The first-order valence-electron chi connectivity index (χ1n) is 6.06. The van der Waals surface area contributed by atoms with Gasteiger partial charge in [0.15, 0.2) is 6.10 Å². The predicted octanol–water partition coefficient (Wildman–Crippen LogP) is 2.00. The highest BCUT2D eigenvalue weighted by Crippen LogP contribution is 2.25. The van der Waals surface area contributed by atoms with Crippen molar-refractivity contribution in [3.63, 3.8) is 0 Å². The van der Waals surface area contributed by atoms with Crippen LogP contribution in [-0.2, 0) is 5.41 Å². The summed E-state index contributed by atoms with van der Waals surface area (Å²) in [5.74, 6) is 0.823. The third-order valence-corrected chi connectivity index (χ3v) is 2.69. The van der Waals surface area contributed by atoms with Crippen molar-refractivity contribution < 1.29 is 18.3 Å². The number of nitrogens with two attached hydrogens (primary N) is 1. The lowest BCUT2D eigenvalue weighted by Crippen LogP contribution is -2.35. The monoisotopic (exact) mass is 292 g/mol. The van der Waals surface area contributed by atoms with Gasteiger partial charge in [-0.3, -0.25) is 0 Å². The van der Waals surface area contributed by atoms with E-state index in [-0.39, 0.29) is 17.1 Å². The van der Waals surface area contributed by atoms with Crippen molar-refractivity contribution in [3.8, 4) is 0 Å². The number of nitrogens with zero attached hydrogens (tertiary/aromatic N) is 2. The summed E-state index contributed by atoms with van der Waals surface area (Å²) in [5.41, 5.74) is 5.80. The number of hydrogen-bond donors (Lipinski definition) is 3. The molecule has 0 aliphatic rings. The van der Waals surface area contributed by atoms with Crippen LogP contribution in [0.25, 0.3) is 0 Å². The molecule has 0 aromatic carbocycles. The normalized spacial score (nSPS) is 14.2. The number of aliphatic hydroxyl groups excluding tert-OH is 1. The van der Waals surface area contributed by atoms with Gasteiger partial charge < -0.3 is 16.2 Å². The molecule has 5 nitrogen and oxygen atoms in total. The van der Waals surface area contributed by atoms with Gasteiger partial charge in [-0.25, -0.2) is 9.97 Å². The molecule has 1 atom stereocenters. The molecule has 0 radical (unpaired) electrons. The summed E-state index contributed by atoms with van der Waals surface area (Å²) in [5, 5.41) is 11.4. The standard InChI is InChI=1S/C12H19F3N4O/c1-6-8(16)18-10(11(2,3)4)19-9(6)17-5-7(20)12(13,14)15/h7,20H,5H2,1-4H3,(H3,16,17,18,19). The molecule has 114 valence electrons. The molecule has 0 spiro atoms. The molecule has 8 heteroatoms. The number of aliphatic hydroxyl groups is 1. The van der Waals surface area contributed by atoms with Gasteiger partial charge in [0.2, 0.25) is 0 Å². The molecule has 4 N–H and O–H groups in total. The molecule has 0 fully saturated rings. The molecule has 1 unspecified atom stereocenters. The van der Waals surface area contributed by atoms with Crippen LogP contribution < -0.4 is 11.1 Å². The van der Waals surface area contributed by atoms with E-state index in [0.29, 0.717) is 11.4 Å². The Morgan fingerprint density at radius 1 is 1.25 bits per heavy atom. The van der Waals surface area contributed by atoms with Crippen molar-refractivity contribution in [2.75, 3.05) is 17.6 Å². The molecule has 1 aromatic rings. The third-order valence-electron chi connectivity index (χ3n) is 2.69. The van der Waals surface area contributed by atoms with E-state index in [2.05, 4.69) is 15.3 Å². The zero-order chi connectivity index (χ0) is 15.7. The summed E-state index contributed by atoms with van der Waals surface area (Å²) in [7, 11) is 0. The van der Waals surface area contributed by atoms with Gasteiger partial charge in [0.05, 0.1) is 6.54 Å². The molecule has 1 rings (SSSR count). The number of hydrogen-bond acceptors (Lipinski definition) is 5. The van der Waals surface area contributed by atoms with E-state index in [9.17, 15) is 13.2 Å². The highest BCUT2D eigenvalue weighted by molar-refractivity contribution is 5.55. The molecule has 0 bridgehead atoms. The zero-order valence-corrected chi connectivity index (χ0v) is 11.8. The molecule has 0 aliphatic heterocycles. The minimum Gasteiger partial charge on any atom is -0.383 e. The Labute approximate surface area is 115 Å². The van der Waals surface area contributed by atoms with Crippen molar-refractivity contribution in [1.82, 2.24) is 9.97 Å².